The van der Waals surface area contributed by atoms with Gasteiger partial charge in [-0.25, -0.2) is 4.98 Å². The maximum atomic E-state index is 12.9. The van der Waals surface area contributed by atoms with Gasteiger partial charge in [0.2, 0.25) is 5.91 Å². The molecule has 0 spiro atoms. The zero-order valence-electron chi connectivity index (χ0n) is 14.7. The Hall–Kier alpha value is -2.73. The summed E-state index contributed by atoms with van der Waals surface area (Å²) in [6.07, 6.45) is 1.13. The average molecular weight is 365 g/mol. The van der Waals surface area contributed by atoms with Crippen molar-refractivity contribution in [2.45, 2.75) is 25.8 Å². The first-order valence-electron chi connectivity index (χ1n) is 8.58. The van der Waals surface area contributed by atoms with Crippen molar-refractivity contribution < 1.29 is 9.59 Å². The predicted molar refractivity (Wildman–Crippen MR) is 104 cm³/mol. The quantitative estimate of drug-likeness (QED) is 0.763. The fourth-order valence-electron chi connectivity index (χ4n) is 3.13. The van der Waals surface area contributed by atoms with Crippen LogP contribution in [0.4, 0.5) is 5.69 Å². The third-order valence-electron chi connectivity index (χ3n) is 4.82. The number of rotatable bonds is 3. The summed E-state index contributed by atoms with van der Waals surface area (Å²) in [5.41, 5.74) is 3.41. The van der Waals surface area contributed by atoms with Gasteiger partial charge in [-0.2, -0.15) is 0 Å². The highest BCUT2D eigenvalue weighted by Gasteiger charge is 2.23. The Bertz CT molecular complexity index is 978. The molecule has 0 radical (unpaired) electrons. The molecule has 1 aliphatic rings. The van der Waals surface area contributed by atoms with Crippen LogP contribution in [0.25, 0.3) is 10.2 Å². The fourth-order valence-corrected chi connectivity index (χ4v) is 4.19. The zero-order chi connectivity index (χ0) is 18.3. The van der Waals surface area contributed by atoms with Crippen LogP contribution in [0.1, 0.15) is 40.3 Å². The monoisotopic (exact) mass is 365 g/mol. The molecule has 0 aliphatic carbocycles. The van der Waals surface area contributed by atoms with Crippen LogP contribution < -0.4 is 5.32 Å². The van der Waals surface area contributed by atoms with Crippen molar-refractivity contribution in [1.82, 2.24) is 9.88 Å². The molecular weight excluding hydrogens is 346 g/mol. The number of fused-ring (bicyclic) bond motifs is 2. The van der Waals surface area contributed by atoms with Crippen molar-refractivity contribution in [3.8, 4) is 0 Å². The highest BCUT2D eigenvalue weighted by atomic mass is 32.1. The largest absolute Gasteiger partial charge is 0.333 e. The standard InChI is InChI=1S/C20H19N3O2S/c1-12(19-22-16-5-3-4-6-17(16)26-19)23(2)20(25)14-7-9-15-13(11-14)8-10-18(24)21-15/h3-7,9,11-12H,8,10H2,1-2H3,(H,21,24). The molecule has 0 bridgehead atoms. The van der Waals surface area contributed by atoms with Gasteiger partial charge in [-0.1, -0.05) is 12.1 Å². The van der Waals surface area contributed by atoms with E-state index in [4.69, 9.17) is 0 Å². The number of thiazole rings is 1. The zero-order valence-corrected chi connectivity index (χ0v) is 15.5. The summed E-state index contributed by atoms with van der Waals surface area (Å²) in [4.78, 5) is 30.8. The molecule has 0 saturated heterocycles. The van der Waals surface area contributed by atoms with E-state index in [-0.39, 0.29) is 17.9 Å². The van der Waals surface area contributed by atoms with Crippen molar-refractivity contribution in [1.29, 1.82) is 0 Å². The second kappa shape index (κ2) is 6.53. The van der Waals surface area contributed by atoms with Crippen molar-refractivity contribution in [2.24, 2.45) is 0 Å². The number of anilines is 1. The van der Waals surface area contributed by atoms with Crippen molar-refractivity contribution in [3.63, 3.8) is 0 Å². The molecule has 2 heterocycles. The van der Waals surface area contributed by atoms with Crippen LogP contribution in [-0.2, 0) is 11.2 Å². The Kier molecular flexibility index (Phi) is 4.20. The lowest BCUT2D eigenvalue weighted by Gasteiger charge is -2.24. The van der Waals surface area contributed by atoms with Gasteiger partial charge in [0.25, 0.3) is 5.91 Å². The Morgan fingerprint density at radius 3 is 2.85 bits per heavy atom. The Labute approximate surface area is 155 Å². The van der Waals surface area contributed by atoms with Crippen LogP contribution in [0.5, 0.6) is 0 Å². The third-order valence-corrected chi connectivity index (χ3v) is 6.02. The number of amides is 2. The summed E-state index contributed by atoms with van der Waals surface area (Å²) < 4.78 is 1.12. The van der Waals surface area contributed by atoms with Crippen LogP contribution in [-0.4, -0.2) is 28.7 Å². The van der Waals surface area contributed by atoms with E-state index in [0.717, 1.165) is 26.5 Å². The number of hydrogen-bond acceptors (Lipinski definition) is 4. The van der Waals surface area contributed by atoms with E-state index in [9.17, 15) is 9.59 Å². The van der Waals surface area contributed by atoms with E-state index in [1.165, 1.54) is 0 Å². The number of aryl methyl sites for hydroxylation is 1. The van der Waals surface area contributed by atoms with E-state index in [1.807, 2.05) is 43.3 Å². The molecule has 1 aliphatic heterocycles. The molecule has 2 aromatic carbocycles. The number of aromatic nitrogens is 1. The Balaban J connectivity index is 1.58. The molecule has 3 aromatic rings. The summed E-state index contributed by atoms with van der Waals surface area (Å²) >= 11 is 1.62. The van der Waals surface area contributed by atoms with E-state index < -0.39 is 0 Å². The maximum absolute atomic E-state index is 12.9. The third kappa shape index (κ3) is 2.97. The molecule has 26 heavy (non-hydrogen) atoms. The topological polar surface area (TPSA) is 62.3 Å². The van der Waals surface area contributed by atoms with Gasteiger partial charge in [0.1, 0.15) is 5.01 Å². The number of benzene rings is 2. The lowest BCUT2D eigenvalue weighted by molar-refractivity contribution is -0.116. The van der Waals surface area contributed by atoms with Gasteiger partial charge in [-0.3, -0.25) is 9.59 Å². The molecule has 6 heteroatoms. The number of nitrogens with one attached hydrogen (secondary N) is 1. The van der Waals surface area contributed by atoms with E-state index in [0.29, 0.717) is 18.4 Å². The Morgan fingerprint density at radius 1 is 1.23 bits per heavy atom. The minimum atomic E-state index is -0.115. The fraction of sp³-hybridized carbons (Fsp3) is 0.250. The van der Waals surface area contributed by atoms with Gasteiger partial charge in [0, 0.05) is 24.7 Å². The lowest BCUT2D eigenvalue weighted by Crippen LogP contribution is -2.30. The first-order chi connectivity index (χ1) is 12.5. The molecule has 4 rings (SSSR count). The van der Waals surface area contributed by atoms with E-state index in [2.05, 4.69) is 10.3 Å². The summed E-state index contributed by atoms with van der Waals surface area (Å²) in [6.45, 7) is 1.99. The van der Waals surface area contributed by atoms with Crippen LogP contribution in [0.15, 0.2) is 42.5 Å². The lowest BCUT2D eigenvalue weighted by atomic mass is 10.00. The van der Waals surface area contributed by atoms with Gasteiger partial charge in [0.15, 0.2) is 0 Å². The van der Waals surface area contributed by atoms with Crippen LogP contribution in [0, 0.1) is 0 Å². The summed E-state index contributed by atoms with van der Waals surface area (Å²) in [5, 5.41) is 3.77. The first-order valence-corrected chi connectivity index (χ1v) is 9.40. The second-order valence-corrected chi connectivity index (χ2v) is 7.59. The molecule has 1 aromatic heterocycles. The van der Waals surface area contributed by atoms with Crippen molar-refractivity contribution in [3.05, 3.63) is 58.6 Å². The highest BCUT2D eigenvalue weighted by Crippen LogP contribution is 2.30. The van der Waals surface area contributed by atoms with Gasteiger partial charge in [-0.15, -0.1) is 11.3 Å². The number of carbonyl (C=O) groups is 2. The first kappa shape index (κ1) is 16.7. The van der Waals surface area contributed by atoms with Crippen molar-refractivity contribution >= 4 is 39.1 Å². The van der Waals surface area contributed by atoms with E-state index >= 15 is 0 Å². The van der Waals surface area contributed by atoms with Crippen LogP contribution in [0.3, 0.4) is 0 Å². The molecule has 1 atom stereocenters. The minimum absolute atomic E-state index is 0.0261. The predicted octanol–water partition coefficient (Wildman–Crippen LogP) is 4.01. The van der Waals surface area contributed by atoms with Gasteiger partial charge in [-0.05, 0) is 49.2 Å². The molecule has 0 fully saturated rings. The summed E-state index contributed by atoms with van der Waals surface area (Å²) in [6, 6.07) is 13.4. The van der Waals surface area contributed by atoms with Crippen LogP contribution in [0.2, 0.25) is 0 Å². The van der Waals surface area contributed by atoms with Gasteiger partial charge in [0.05, 0.1) is 16.3 Å². The SMILES string of the molecule is CC(c1nc2ccccc2s1)N(C)C(=O)c1ccc2c(c1)CCC(=O)N2. The van der Waals surface area contributed by atoms with Gasteiger partial charge >= 0.3 is 0 Å². The molecular formula is C20H19N3O2S. The second-order valence-electron chi connectivity index (χ2n) is 6.53. The van der Waals surface area contributed by atoms with Crippen LogP contribution >= 0.6 is 11.3 Å². The number of nitrogens with zero attached hydrogens (tertiary/aromatic N) is 2. The van der Waals surface area contributed by atoms with Crippen molar-refractivity contribution in [2.75, 3.05) is 12.4 Å². The molecule has 5 nitrogen and oxygen atoms in total. The summed E-state index contributed by atoms with van der Waals surface area (Å²) in [5.74, 6) is -0.0189. The maximum Gasteiger partial charge on any atom is 0.254 e. The van der Waals surface area contributed by atoms with E-state index in [1.54, 1.807) is 29.4 Å². The Morgan fingerprint density at radius 2 is 2.04 bits per heavy atom. The normalized spacial score (nSPS) is 14.6. The van der Waals surface area contributed by atoms with Gasteiger partial charge < -0.3 is 10.2 Å². The average Bonchev–Trinajstić information content (AvgIpc) is 3.10. The molecule has 2 amide bonds. The smallest absolute Gasteiger partial charge is 0.254 e. The number of carbonyl (C=O) groups excluding carboxylic acids is 2. The highest BCUT2D eigenvalue weighted by molar-refractivity contribution is 7.18. The molecule has 1 unspecified atom stereocenters. The number of para-hydroxylation sites is 1. The molecule has 1 N–H and O–H groups in total. The molecule has 132 valence electrons. The number of hydrogen-bond donors (Lipinski definition) is 1. The minimum Gasteiger partial charge on any atom is -0.333 e. The summed E-state index contributed by atoms with van der Waals surface area (Å²) in [7, 11) is 1.81. The molecule has 0 saturated carbocycles.